The van der Waals surface area contributed by atoms with Crippen molar-refractivity contribution in [3.8, 4) is 12.1 Å². The summed E-state index contributed by atoms with van der Waals surface area (Å²) in [7, 11) is 1.83. The number of benzene rings is 1. The molecule has 1 aromatic rings. The minimum atomic E-state index is 0.0224. The van der Waals surface area contributed by atoms with Crippen LogP contribution in [0.5, 0.6) is 0 Å². The van der Waals surface area contributed by atoms with E-state index in [0.29, 0.717) is 23.8 Å². The Morgan fingerprint density at radius 2 is 2.18 bits per heavy atom. The molecule has 0 aliphatic carbocycles. The molecule has 0 radical (unpaired) electrons. The van der Waals surface area contributed by atoms with Crippen molar-refractivity contribution >= 4 is 12.0 Å². The Hall–Kier alpha value is -2.33. The van der Waals surface area contributed by atoms with E-state index >= 15 is 0 Å². The summed E-state index contributed by atoms with van der Waals surface area (Å²) in [5.41, 5.74) is 1.66. The van der Waals surface area contributed by atoms with E-state index in [1.54, 1.807) is 18.2 Å². The van der Waals surface area contributed by atoms with Gasteiger partial charge in [-0.25, -0.2) is 0 Å². The quantitative estimate of drug-likeness (QED) is 0.739. The predicted molar refractivity (Wildman–Crippen MR) is 64.6 cm³/mol. The van der Waals surface area contributed by atoms with Crippen LogP contribution < -0.4 is 4.90 Å². The summed E-state index contributed by atoms with van der Waals surface area (Å²) < 4.78 is 0. The Kier molecular flexibility index (Phi) is 4.25. The number of aldehydes is 1. The van der Waals surface area contributed by atoms with Crippen LogP contribution in [0.3, 0.4) is 0 Å². The maximum Gasteiger partial charge on any atom is 0.150 e. The largest absolute Gasteiger partial charge is 0.370 e. The van der Waals surface area contributed by atoms with E-state index in [0.717, 1.165) is 5.69 Å². The van der Waals surface area contributed by atoms with Crippen molar-refractivity contribution < 1.29 is 4.79 Å². The third-order valence-electron chi connectivity index (χ3n) is 2.70. The molecule has 0 saturated heterocycles. The summed E-state index contributed by atoms with van der Waals surface area (Å²) in [6.45, 7) is 1.91. The number of nitrogens with zero attached hydrogens (tertiary/aromatic N) is 3. The highest BCUT2D eigenvalue weighted by Gasteiger charge is 2.13. The van der Waals surface area contributed by atoms with Gasteiger partial charge in [-0.2, -0.15) is 10.5 Å². The lowest BCUT2D eigenvalue weighted by Crippen LogP contribution is -2.29. The number of carbonyl (C=O) groups is 1. The molecule has 0 saturated carbocycles. The fourth-order valence-electron chi connectivity index (χ4n) is 1.53. The first-order valence-electron chi connectivity index (χ1n) is 5.23. The highest BCUT2D eigenvalue weighted by Crippen LogP contribution is 2.22. The van der Waals surface area contributed by atoms with Crippen molar-refractivity contribution in [3.63, 3.8) is 0 Å². The summed E-state index contributed by atoms with van der Waals surface area (Å²) in [6.07, 6.45) is 1.10. The number of rotatable bonds is 4. The van der Waals surface area contributed by atoms with Crippen molar-refractivity contribution in [1.82, 2.24) is 0 Å². The molecular weight excluding hydrogens is 214 g/mol. The Balaban J connectivity index is 3.10. The van der Waals surface area contributed by atoms with E-state index in [1.165, 1.54) is 0 Å². The van der Waals surface area contributed by atoms with Crippen LogP contribution in [-0.4, -0.2) is 19.4 Å². The second-order valence-electron chi connectivity index (χ2n) is 3.83. The van der Waals surface area contributed by atoms with E-state index in [2.05, 4.69) is 12.1 Å². The van der Waals surface area contributed by atoms with E-state index in [-0.39, 0.29) is 6.04 Å². The third kappa shape index (κ3) is 2.83. The number of hydrogen-bond acceptors (Lipinski definition) is 4. The van der Waals surface area contributed by atoms with Gasteiger partial charge >= 0.3 is 0 Å². The molecule has 0 amide bonds. The molecule has 1 rings (SSSR count). The SMILES string of the molecule is CC(CC#N)N(C)c1ccc(C=O)cc1C#N. The fraction of sp³-hybridized carbons (Fsp3) is 0.308. The average molecular weight is 227 g/mol. The van der Waals surface area contributed by atoms with Crippen LogP contribution in [0.15, 0.2) is 18.2 Å². The first-order chi connectivity index (χ1) is 8.13. The van der Waals surface area contributed by atoms with Crippen LogP contribution in [0.1, 0.15) is 29.3 Å². The fourth-order valence-corrected chi connectivity index (χ4v) is 1.53. The summed E-state index contributed by atoms with van der Waals surface area (Å²) >= 11 is 0. The molecule has 0 N–H and O–H groups in total. The zero-order valence-corrected chi connectivity index (χ0v) is 9.84. The minimum Gasteiger partial charge on any atom is -0.370 e. The molecule has 0 bridgehead atoms. The molecule has 4 nitrogen and oxygen atoms in total. The predicted octanol–water partition coefficient (Wildman–Crippen LogP) is 2.11. The van der Waals surface area contributed by atoms with E-state index < -0.39 is 0 Å². The second kappa shape index (κ2) is 5.67. The lowest BCUT2D eigenvalue weighted by atomic mass is 10.1. The van der Waals surface area contributed by atoms with Crippen molar-refractivity contribution in [1.29, 1.82) is 10.5 Å². The molecule has 0 aromatic heterocycles. The Morgan fingerprint density at radius 1 is 1.47 bits per heavy atom. The van der Waals surface area contributed by atoms with E-state index in [9.17, 15) is 4.79 Å². The van der Waals surface area contributed by atoms with Gasteiger partial charge in [0.15, 0.2) is 0 Å². The third-order valence-corrected chi connectivity index (χ3v) is 2.70. The summed E-state index contributed by atoms with van der Waals surface area (Å²) in [5, 5.41) is 17.7. The Morgan fingerprint density at radius 3 is 2.71 bits per heavy atom. The summed E-state index contributed by atoms with van der Waals surface area (Å²) in [6, 6.07) is 9.14. The van der Waals surface area contributed by atoms with Gasteiger partial charge < -0.3 is 4.90 Å². The van der Waals surface area contributed by atoms with Gasteiger partial charge in [-0.05, 0) is 25.1 Å². The van der Waals surface area contributed by atoms with Crippen LogP contribution >= 0.6 is 0 Å². The van der Waals surface area contributed by atoms with Gasteiger partial charge in [0.05, 0.1) is 23.7 Å². The standard InChI is InChI=1S/C13H13N3O/c1-10(5-6-14)16(2)13-4-3-11(9-17)7-12(13)8-15/h3-4,7,9-10H,5H2,1-2H3. The monoisotopic (exact) mass is 227 g/mol. The van der Waals surface area contributed by atoms with Gasteiger partial charge in [-0.15, -0.1) is 0 Å². The number of hydrogen-bond donors (Lipinski definition) is 0. The molecule has 86 valence electrons. The molecule has 0 heterocycles. The number of nitriles is 2. The number of anilines is 1. The Labute approximate surface area is 101 Å². The summed E-state index contributed by atoms with van der Waals surface area (Å²) in [4.78, 5) is 12.5. The van der Waals surface area contributed by atoms with E-state index in [1.807, 2.05) is 18.9 Å². The average Bonchev–Trinajstić information content (AvgIpc) is 2.37. The molecule has 0 fully saturated rings. The molecule has 0 spiro atoms. The van der Waals surface area contributed by atoms with Crippen LogP contribution in [0, 0.1) is 22.7 Å². The topological polar surface area (TPSA) is 67.9 Å². The van der Waals surface area contributed by atoms with Crippen LogP contribution in [0.2, 0.25) is 0 Å². The Bertz CT molecular complexity index is 496. The van der Waals surface area contributed by atoms with Crippen LogP contribution in [0.25, 0.3) is 0 Å². The zero-order valence-electron chi connectivity index (χ0n) is 9.84. The lowest BCUT2D eigenvalue weighted by Gasteiger charge is -2.26. The second-order valence-corrected chi connectivity index (χ2v) is 3.83. The highest BCUT2D eigenvalue weighted by atomic mass is 16.1. The zero-order chi connectivity index (χ0) is 12.8. The van der Waals surface area contributed by atoms with Crippen molar-refractivity contribution in [3.05, 3.63) is 29.3 Å². The summed E-state index contributed by atoms with van der Waals surface area (Å²) in [5.74, 6) is 0. The van der Waals surface area contributed by atoms with Crippen LogP contribution in [0.4, 0.5) is 5.69 Å². The van der Waals surface area contributed by atoms with Crippen molar-refractivity contribution in [2.24, 2.45) is 0 Å². The van der Waals surface area contributed by atoms with Gasteiger partial charge in [0.2, 0.25) is 0 Å². The molecule has 17 heavy (non-hydrogen) atoms. The highest BCUT2D eigenvalue weighted by molar-refractivity contribution is 5.78. The smallest absolute Gasteiger partial charge is 0.150 e. The lowest BCUT2D eigenvalue weighted by molar-refractivity contribution is 0.112. The minimum absolute atomic E-state index is 0.0224. The molecule has 0 aliphatic rings. The van der Waals surface area contributed by atoms with Crippen molar-refractivity contribution in [2.45, 2.75) is 19.4 Å². The van der Waals surface area contributed by atoms with E-state index in [4.69, 9.17) is 10.5 Å². The van der Waals surface area contributed by atoms with Crippen molar-refractivity contribution in [2.75, 3.05) is 11.9 Å². The molecule has 4 heteroatoms. The van der Waals surface area contributed by atoms with Gasteiger partial charge in [0, 0.05) is 18.7 Å². The van der Waals surface area contributed by atoms with Gasteiger partial charge in [0.25, 0.3) is 0 Å². The molecule has 1 aromatic carbocycles. The molecule has 1 unspecified atom stereocenters. The normalized spacial score (nSPS) is 11.1. The number of carbonyl (C=O) groups excluding carboxylic acids is 1. The first-order valence-corrected chi connectivity index (χ1v) is 5.23. The van der Waals surface area contributed by atoms with Crippen LogP contribution in [-0.2, 0) is 0 Å². The maximum atomic E-state index is 10.6. The maximum absolute atomic E-state index is 10.6. The molecular formula is C13H13N3O. The first kappa shape index (κ1) is 12.7. The molecule has 0 aliphatic heterocycles. The van der Waals surface area contributed by atoms with Gasteiger partial charge in [0.1, 0.15) is 12.4 Å². The van der Waals surface area contributed by atoms with Gasteiger partial charge in [-0.3, -0.25) is 4.79 Å². The molecule has 1 atom stereocenters. The van der Waals surface area contributed by atoms with Gasteiger partial charge in [-0.1, -0.05) is 0 Å².